The van der Waals surface area contributed by atoms with Crippen LogP contribution in [0.25, 0.3) is 0 Å². The number of sulfonamides is 1. The summed E-state index contributed by atoms with van der Waals surface area (Å²) in [6.07, 6.45) is 1.98. The zero-order valence-corrected chi connectivity index (χ0v) is 18.2. The van der Waals surface area contributed by atoms with E-state index in [4.69, 9.17) is 0 Å². The molecule has 1 aliphatic heterocycles. The zero-order chi connectivity index (χ0) is 20.6. The van der Waals surface area contributed by atoms with Crippen LogP contribution in [0.2, 0.25) is 0 Å². The van der Waals surface area contributed by atoms with Crippen molar-refractivity contribution < 1.29 is 13.2 Å². The van der Waals surface area contributed by atoms with E-state index in [1.54, 1.807) is 16.4 Å². The highest BCUT2D eigenvalue weighted by Gasteiger charge is 2.37. The van der Waals surface area contributed by atoms with Crippen molar-refractivity contribution in [1.82, 2.24) is 8.87 Å². The molecule has 2 heterocycles. The van der Waals surface area contributed by atoms with E-state index in [0.717, 1.165) is 15.7 Å². The molecule has 1 atom stereocenters. The van der Waals surface area contributed by atoms with E-state index in [1.165, 1.54) is 19.1 Å². The van der Waals surface area contributed by atoms with E-state index < -0.39 is 16.1 Å². The molecule has 0 aliphatic carbocycles. The summed E-state index contributed by atoms with van der Waals surface area (Å²) in [6.45, 7) is 2.38. The van der Waals surface area contributed by atoms with Gasteiger partial charge in [0.1, 0.15) is 0 Å². The van der Waals surface area contributed by atoms with Gasteiger partial charge in [-0.1, -0.05) is 28.1 Å². The molecule has 0 fully saturated rings. The van der Waals surface area contributed by atoms with Crippen molar-refractivity contribution >= 4 is 37.5 Å². The first-order valence-electron chi connectivity index (χ1n) is 9.16. The Morgan fingerprint density at radius 3 is 2.38 bits per heavy atom. The van der Waals surface area contributed by atoms with Gasteiger partial charge in [0.2, 0.25) is 15.9 Å². The minimum absolute atomic E-state index is 0.201. The Morgan fingerprint density at radius 2 is 1.72 bits per heavy atom. The smallest absolute Gasteiger partial charge is 0.244 e. The van der Waals surface area contributed by atoms with Gasteiger partial charge >= 0.3 is 0 Å². The van der Waals surface area contributed by atoms with Crippen LogP contribution >= 0.6 is 15.9 Å². The van der Waals surface area contributed by atoms with E-state index in [9.17, 15) is 13.2 Å². The Hall–Kier alpha value is -2.42. The molecule has 1 aliphatic rings. The summed E-state index contributed by atoms with van der Waals surface area (Å²) in [6, 6.07) is 17.5. The highest BCUT2D eigenvalue weighted by atomic mass is 79.9. The molecule has 0 radical (unpaired) electrons. The predicted octanol–water partition coefficient (Wildman–Crippen LogP) is 4.00. The number of fused-ring (bicyclic) bond motifs is 1. The Balaban J connectivity index is 1.75. The molecule has 1 aromatic heterocycles. The van der Waals surface area contributed by atoms with Gasteiger partial charge in [0.15, 0.2) is 0 Å². The van der Waals surface area contributed by atoms with Crippen molar-refractivity contribution in [3.8, 4) is 0 Å². The number of carbonyl (C=O) groups is 1. The molecule has 2 aromatic carbocycles. The number of hydrogen-bond acceptors (Lipinski definition) is 3. The molecule has 150 valence electrons. The fourth-order valence-electron chi connectivity index (χ4n) is 3.65. The lowest BCUT2D eigenvalue weighted by molar-refractivity contribution is -0.114. The predicted molar refractivity (Wildman–Crippen MR) is 115 cm³/mol. The summed E-state index contributed by atoms with van der Waals surface area (Å²) in [5.41, 5.74) is 2.41. The van der Waals surface area contributed by atoms with Gasteiger partial charge in [-0.25, -0.2) is 8.42 Å². The number of nitrogens with zero attached hydrogens (tertiary/aromatic N) is 2. The van der Waals surface area contributed by atoms with Gasteiger partial charge in [-0.2, -0.15) is 4.31 Å². The molecule has 29 heavy (non-hydrogen) atoms. The van der Waals surface area contributed by atoms with E-state index in [2.05, 4.69) is 25.8 Å². The van der Waals surface area contributed by atoms with E-state index in [1.807, 2.05) is 42.6 Å². The third-order valence-corrected chi connectivity index (χ3v) is 7.37. The van der Waals surface area contributed by atoms with Crippen LogP contribution in [0.15, 0.2) is 76.2 Å². The van der Waals surface area contributed by atoms with Crippen LogP contribution in [-0.2, 0) is 21.4 Å². The van der Waals surface area contributed by atoms with Crippen LogP contribution in [-0.4, -0.2) is 29.7 Å². The van der Waals surface area contributed by atoms with Crippen LogP contribution in [0.5, 0.6) is 0 Å². The van der Waals surface area contributed by atoms with Crippen molar-refractivity contribution in [2.45, 2.75) is 24.4 Å². The van der Waals surface area contributed by atoms with Crippen molar-refractivity contribution in [3.05, 3.63) is 82.6 Å². The first-order chi connectivity index (χ1) is 13.9. The zero-order valence-electron chi connectivity index (χ0n) is 15.7. The quantitative estimate of drug-likeness (QED) is 0.622. The summed E-state index contributed by atoms with van der Waals surface area (Å²) in [5, 5.41) is 2.66. The van der Waals surface area contributed by atoms with Crippen LogP contribution in [0.3, 0.4) is 0 Å². The average molecular weight is 474 g/mol. The number of carbonyl (C=O) groups excluding carboxylic acids is 1. The monoisotopic (exact) mass is 473 g/mol. The van der Waals surface area contributed by atoms with Crippen molar-refractivity contribution in [1.29, 1.82) is 0 Å². The third kappa shape index (κ3) is 3.88. The lowest BCUT2D eigenvalue weighted by Gasteiger charge is -2.36. The summed E-state index contributed by atoms with van der Waals surface area (Å²) < 4.78 is 31.6. The maximum absolute atomic E-state index is 13.5. The Bertz CT molecular complexity index is 1140. The molecule has 1 N–H and O–H groups in total. The maximum atomic E-state index is 13.5. The fourth-order valence-corrected chi connectivity index (χ4v) is 5.50. The average Bonchev–Trinajstić information content (AvgIpc) is 3.17. The lowest BCUT2D eigenvalue weighted by atomic mass is 10.0. The summed E-state index contributed by atoms with van der Waals surface area (Å²) in [4.78, 5) is 11.4. The van der Waals surface area contributed by atoms with Gasteiger partial charge in [0.25, 0.3) is 0 Å². The van der Waals surface area contributed by atoms with Gasteiger partial charge in [-0.15, -0.1) is 0 Å². The second-order valence-corrected chi connectivity index (χ2v) is 9.71. The summed E-state index contributed by atoms with van der Waals surface area (Å²) >= 11 is 3.44. The van der Waals surface area contributed by atoms with Crippen LogP contribution in [0.4, 0.5) is 5.69 Å². The number of benzene rings is 2. The minimum atomic E-state index is -3.74. The summed E-state index contributed by atoms with van der Waals surface area (Å²) in [5.74, 6) is -0.201. The second-order valence-electron chi connectivity index (χ2n) is 6.90. The normalized spacial score (nSPS) is 17.0. The van der Waals surface area contributed by atoms with Crippen molar-refractivity contribution in [2.24, 2.45) is 0 Å². The molecule has 0 saturated carbocycles. The molecule has 8 heteroatoms. The number of halogens is 1. The third-order valence-electron chi connectivity index (χ3n) is 4.96. The summed E-state index contributed by atoms with van der Waals surface area (Å²) in [7, 11) is -3.74. The fraction of sp³-hybridized carbons (Fsp3) is 0.190. The molecule has 0 saturated heterocycles. The standard InChI is InChI=1S/C21H20BrN3O3S/c1-15(26)23-18-8-10-19(11-9-18)29(27,28)25-14-13-24-12-2-3-20(24)21(25)16-4-6-17(22)7-5-16/h2-12,21H,13-14H2,1H3,(H,23,26)/t21-/m1/s1. The van der Waals surface area contributed by atoms with Gasteiger partial charge in [-0.05, 0) is 54.1 Å². The molecule has 1 amide bonds. The number of amides is 1. The van der Waals surface area contributed by atoms with Gasteiger partial charge in [-0.3, -0.25) is 4.79 Å². The number of hydrogen-bond donors (Lipinski definition) is 1. The van der Waals surface area contributed by atoms with Crippen LogP contribution in [0, 0.1) is 0 Å². The Labute approximate surface area is 178 Å². The highest BCUT2D eigenvalue weighted by molar-refractivity contribution is 9.10. The number of nitrogens with one attached hydrogen (secondary N) is 1. The number of aromatic nitrogens is 1. The van der Waals surface area contributed by atoms with Gasteiger partial charge in [0, 0.05) is 42.1 Å². The molecular weight excluding hydrogens is 454 g/mol. The SMILES string of the molecule is CC(=O)Nc1ccc(S(=O)(=O)N2CCn3cccc3[C@H]2c2ccc(Br)cc2)cc1. The molecule has 6 nitrogen and oxygen atoms in total. The Kier molecular flexibility index (Phi) is 5.33. The molecule has 0 unspecified atom stereocenters. The molecular formula is C21H20BrN3O3S. The number of anilines is 1. The maximum Gasteiger partial charge on any atom is 0.244 e. The van der Waals surface area contributed by atoms with Crippen LogP contribution < -0.4 is 5.32 Å². The number of rotatable bonds is 4. The molecule has 0 bridgehead atoms. The second kappa shape index (κ2) is 7.78. The first kappa shape index (κ1) is 19.9. The molecule has 0 spiro atoms. The van der Waals surface area contributed by atoms with Crippen LogP contribution in [0.1, 0.15) is 24.2 Å². The van der Waals surface area contributed by atoms with Gasteiger partial charge in [0.05, 0.1) is 10.9 Å². The largest absolute Gasteiger partial charge is 0.348 e. The Morgan fingerprint density at radius 1 is 1.03 bits per heavy atom. The minimum Gasteiger partial charge on any atom is -0.348 e. The van der Waals surface area contributed by atoms with Gasteiger partial charge < -0.3 is 9.88 Å². The highest BCUT2D eigenvalue weighted by Crippen LogP contribution is 2.37. The van der Waals surface area contributed by atoms with E-state index >= 15 is 0 Å². The lowest BCUT2D eigenvalue weighted by Crippen LogP contribution is -2.42. The van der Waals surface area contributed by atoms with Crippen molar-refractivity contribution in [3.63, 3.8) is 0 Å². The molecule has 4 rings (SSSR count). The van der Waals surface area contributed by atoms with Crippen molar-refractivity contribution in [2.75, 3.05) is 11.9 Å². The van der Waals surface area contributed by atoms with E-state index in [0.29, 0.717) is 18.8 Å². The topological polar surface area (TPSA) is 71.4 Å². The van der Waals surface area contributed by atoms with E-state index in [-0.39, 0.29) is 10.8 Å². The molecule has 3 aromatic rings. The first-order valence-corrected chi connectivity index (χ1v) is 11.4.